The van der Waals surface area contributed by atoms with E-state index in [2.05, 4.69) is 36.2 Å². The van der Waals surface area contributed by atoms with E-state index in [1.165, 1.54) is 5.56 Å². The SMILES string of the molecule is COc1cc(C=CC(=O)NCc2ccccc2CN2CC(C)OC(C)C2)ccc1OC(C)C. The first-order valence-electron chi connectivity index (χ1n) is 11.6. The fourth-order valence-corrected chi connectivity index (χ4v) is 4.09. The minimum Gasteiger partial charge on any atom is -0.493 e. The largest absolute Gasteiger partial charge is 0.493 e. The lowest BCUT2D eigenvalue weighted by atomic mass is 10.1. The zero-order valence-electron chi connectivity index (χ0n) is 20.3. The van der Waals surface area contributed by atoms with Gasteiger partial charge in [-0.1, -0.05) is 30.3 Å². The van der Waals surface area contributed by atoms with E-state index in [4.69, 9.17) is 14.2 Å². The monoisotopic (exact) mass is 452 g/mol. The van der Waals surface area contributed by atoms with Crippen LogP contribution in [-0.2, 0) is 22.6 Å². The summed E-state index contributed by atoms with van der Waals surface area (Å²) in [6.45, 7) is 11.3. The Kier molecular flexibility index (Phi) is 8.92. The van der Waals surface area contributed by atoms with Crippen LogP contribution in [0.15, 0.2) is 48.5 Å². The summed E-state index contributed by atoms with van der Waals surface area (Å²) in [4.78, 5) is 14.9. The number of ether oxygens (including phenoxy) is 3. The lowest BCUT2D eigenvalue weighted by Gasteiger charge is -2.35. The molecule has 33 heavy (non-hydrogen) atoms. The van der Waals surface area contributed by atoms with Crippen LogP contribution in [-0.4, -0.2) is 49.3 Å². The van der Waals surface area contributed by atoms with E-state index in [1.807, 2.05) is 44.2 Å². The summed E-state index contributed by atoms with van der Waals surface area (Å²) < 4.78 is 17.0. The van der Waals surface area contributed by atoms with Crippen LogP contribution in [0.2, 0.25) is 0 Å². The first-order valence-corrected chi connectivity index (χ1v) is 11.6. The molecular formula is C27H36N2O4. The third kappa shape index (κ3) is 7.62. The van der Waals surface area contributed by atoms with E-state index in [1.54, 1.807) is 19.3 Å². The van der Waals surface area contributed by atoms with Crippen LogP contribution in [0.25, 0.3) is 6.08 Å². The molecule has 0 aliphatic carbocycles. The van der Waals surface area contributed by atoms with Crippen molar-refractivity contribution < 1.29 is 19.0 Å². The molecule has 2 aromatic carbocycles. The third-order valence-corrected chi connectivity index (χ3v) is 5.44. The molecule has 1 amide bonds. The number of carbonyl (C=O) groups excluding carboxylic acids is 1. The second-order valence-corrected chi connectivity index (χ2v) is 8.85. The fraction of sp³-hybridized carbons (Fsp3) is 0.444. The molecule has 0 aromatic heterocycles. The Morgan fingerprint density at radius 3 is 2.48 bits per heavy atom. The topological polar surface area (TPSA) is 60.0 Å². The van der Waals surface area contributed by atoms with Gasteiger partial charge < -0.3 is 19.5 Å². The smallest absolute Gasteiger partial charge is 0.244 e. The molecule has 3 rings (SSSR count). The number of benzene rings is 2. The molecule has 178 valence electrons. The van der Waals surface area contributed by atoms with Crippen LogP contribution < -0.4 is 14.8 Å². The number of rotatable bonds is 9. The van der Waals surface area contributed by atoms with Crippen molar-refractivity contribution in [2.24, 2.45) is 0 Å². The van der Waals surface area contributed by atoms with Crippen LogP contribution in [0.1, 0.15) is 44.4 Å². The highest BCUT2D eigenvalue weighted by molar-refractivity contribution is 5.91. The molecule has 6 nitrogen and oxygen atoms in total. The van der Waals surface area contributed by atoms with Gasteiger partial charge in [-0.2, -0.15) is 0 Å². The van der Waals surface area contributed by atoms with Crippen LogP contribution in [0, 0.1) is 0 Å². The summed E-state index contributed by atoms with van der Waals surface area (Å²) in [5.41, 5.74) is 3.23. The number of hydrogen-bond acceptors (Lipinski definition) is 5. The average molecular weight is 453 g/mol. The van der Waals surface area contributed by atoms with E-state index in [0.29, 0.717) is 18.0 Å². The molecule has 2 atom stereocenters. The van der Waals surface area contributed by atoms with Gasteiger partial charge in [0.25, 0.3) is 0 Å². The number of nitrogens with one attached hydrogen (secondary N) is 1. The van der Waals surface area contributed by atoms with Gasteiger partial charge in [0.15, 0.2) is 11.5 Å². The summed E-state index contributed by atoms with van der Waals surface area (Å²) in [5, 5.41) is 3.01. The van der Waals surface area contributed by atoms with Gasteiger partial charge in [-0.15, -0.1) is 0 Å². The maximum absolute atomic E-state index is 12.5. The second-order valence-electron chi connectivity index (χ2n) is 8.85. The Hall–Kier alpha value is -2.83. The highest BCUT2D eigenvalue weighted by atomic mass is 16.5. The summed E-state index contributed by atoms with van der Waals surface area (Å²) in [5.74, 6) is 1.20. The predicted octanol–water partition coefficient (Wildman–Crippen LogP) is 4.42. The molecule has 0 radical (unpaired) electrons. The Balaban J connectivity index is 1.58. The molecule has 2 aromatic rings. The highest BCUT2D eigenvalue weighted by Gasteiger charge is 2.22. The first-order chi connectivity index (χ1) is 15.8. The summed E-state index contributed by atoms with van der Waals surface area (Å²) >= 11 is 0. The summed E-state index contributed by atoms with van der Waals surface area (Å²) in [6, 6.07) is 13.9. The number of methoxy groups -OCH3 is 1. The third-order valence-electron chi connectivity index (χ3n) is 5.44. The average Bonchev–Trinajstić information content (AvgIpc) is 2.76. The Bertz CT molecular complexity index is 947. The maximum atomic E-state index is 12.5. The molecule has 1 aliphatic heterocycles. The quantitative estimate of drug-likeness (QED) is 0.571. The van der Waals surface area contributed by atoms with Gasteiger partial charge in [-0.25, -0.2) is 0 Å². The van der Waals surface area contributed by atoms with Gasteiger partial charge in [0.2, 0.25) is 5.91 Å². The van der Waals surface area contributed by atoms with Crippen LogP contribution in [0.4, 0.5) is 0 Å². The Labute approximate surface area is 197 Å². The molecule has 1 N–H and O–H groups in total. The van der Waals surface area contributed by atoms with Crippen molar-refractivity contribution >= 4 is 12.0 Å². The molecule has 1 saturated heterocycles. The fourth-order valence-electron chi connectivity index (χ4n) is 4.09. The van der Waals surface area contributed by atoms with Crippen molar-refractivity contribution in [2.75, 3.05) is 20.2 Å². The van der Waals surface area contributed by atoms with Crippen molar-refractivity contribution in [3.8, 4) is 11.5 Å². The Morgan fingerprint density at radius 1 is 1.12 bits per heavy atom. The van der Waals surface area contributed by atoms with Gasteiger partial charge in [0.1, 0.15) is 0 Å². The van der Waals surface area contributed by atoms with Crippen LogP contribution >= 0.6 is 0 Å². The second kappa shape index (κ2) is 11.9. The molecule has 1 heterocycles. The number of carbonyl (C=O) groups is 1. The zero-order valence-corrected chi connectivity index (χ0v) is 20.3. The molecule has 1 aliphatic rings. The molecule has 2 unspecified atom stereocenters. The van der Waals surface area contributed by atoms with E-state index in [9.17, 15) is 4.79 Å². The summed E-state index contributed by atoms with van der Waals surface area (Å²) in [6.07, 6.45) is 3.85. The minimum absolute atomic E-state index is 0.0593. The number of morpholine rings is 1. The number of amides is 1. The van der Waals surface area contributed by atoms with Gasteiger partial charge in [0.05, 0.1) is 25.4 Å². The van der Waals surface area contributed by atoms with Crippen LogP contribution in [0.3, 0.4) is 0 Å². The molecular weight excluding hydrogens is 416 g/mol. The standard InChI is InChI=1S/C27H36N2O4/c1-19(2)32-25-12-10-22(14-26(25)31-5)11-13-27(30)28-15-23-8-6-7-9-24(23)18-29-16-20(3)33-21(4)17-29/h6-14,19-21H,15-18H2,1-5H3,(H,28,30). The van der Waals surface area contributed by atoms with E-state index in [-0.39, 0.29) is 24.2 Å². The van der Waals surface area contributed by atoms with E-state index < -0.39 is 0 Å². The molecule has 6 heteroatoms. The van der Waals surface area contributed by atoms with Crippen molar-refractivity contribution in [1.82, 2.24) is 10.2 Å². The van der Waals surface area contributed by atoms with Gasteiger partial charge in [-0.3, -0.25) is 9.69 Å². The van der Waals surface area contributed by atoms with E-state index in [0.717, 1.165) is 30.8 Å². The van der Waals surface area contributed by atoms with Gasteiger partial charge in [-0.05, 0) is 62.6 Å². The lowest BCUT2D eigenvalue weighted by molar-refractivity contribution is -0.116. The lowest BCUT2D eigenvalue weighted by Crippen LogP contribution is -2.45. The number of nitrogens with zero attached hydrogens (tertiary/aromatic N) is 1. The van der Waals surface area contributed by atoms with Gasteiger partial charge in [0, 0.05) is 32.3 Å². The molecule has 1 fully saturated rings. The van der Waals surface area contributed by atoms with Crippen LogP contribution in [0.5, 0.6) is 11.5 Å². The number of hydrogen-bond donors (Lipinski definition) is 1. The normalized spacial score (nSPS) is 19.1. The Morgan fingerprint density at radius 2 is 1.82 bits per heavy atom. The maximum Gasteiger partial charge on any atom is 0.244 e. The zero-order chi connectivity index (χ0) is 23.8. The predicted molar refractivity (Wildman–Crippen MR) is 131 cm³/mol. The summed E-state index contributed by atoms with van der Waals surface area (Å²) in [7, 11) is 1.61. The molecule has 0 saturated carbocycles. The van der Waals surface area contributed by atoms with Crippen molar-refractivity contribution in [3.63, 3.8) is 0 Å². The van der Waals surface area contributed by atoms with Crippen molar-refractivity contribution in [1.29, 1.82) is 0 Å². The van der Waals surface area contributed by atoms with Crippen molar-refractivity contribution in [3.05, 3.63) is 65.2 Å². The molecule has 0 bridgehead atoms. The first kappa shape index (κ1) is 24.8. The van der Waals surface area contributed by atoms with E-state index >= 15 is 0 Å². The highest BCUT2D eigenvalue weighted by Crippen LogP contribution is 2.29. The van der Waals surface area contributed by atoms with Crippen molar-refractivity contribution in [2.45, 2.75) is 59.1 Å². The molecule has 0 spiro atoms. The minimum atomic E-state index is -0.139. The van der Waals surface area contributed by atoms with Gasteiger partial charge >= 0.3 is 0 Å².